The van der Waals surface area contributed by atoms with Crippen LogP contribution in [0.2, 0.25) is 0 Å². The molecule has 0 bridgehead atoms. The van der Waals surface area contributed by atoms with Crippen LogP contribution in [0.25, 0.3) is 0 Å². The van der Waals surface area contributed by atoms with Crippen molar-refractivity contribution in [3.05, 3.63) is 34.3 Å². The van der Waals surface area contributed by atoms with Gasteiger partial charge in [0.25, 0.3) is 0 Å². The largest absolute Gasteiger partial charge is 0.329 e. The van der Waals surface area contributed by atoms with Gasteiger partial charge in [-0.1, -0.05) is 28.1 Å². The van der Waals surface area contributed by atoms with Crippen molar-refractivity contribution >= 4 is 26.0 Å². The normalized spacial score (nSPS) is 21.3. The van der Waals surface area contributed by atoms with E-state index < -0.39 is 10.0 Å². The van der Waals surface area contributed by atoms with Crippen LogP contribution in [0.5, 0.6) is 0 Å². The van der Waals surface area contributed by atoms with Gasteiger partial charge >= 0.3 is 0 Å². The fourth-order valence-electron chi connectivity index (χ4n) is 2.29. The van der Waals surface area contributed by atoms with Crippen LogP contribution in [0, 0.1) is 0 Å². The third-order valence-corrected chi connectivity index (χ3v) is 5.64. The van der Waals surface area contributed by atoms with E-state index in [4.69, 9.17) is 5.73 Å². The molecule has 1 atom stereocenters. The predicted molar refractivity (Wildman–Crippen MR) is 75.5 cm³/mol. The van der Waals surface area contributed by atoms with Crippen LogP contribution in [0.4, 0.5) is 0 Å². The second-order valence-electron chi connectivity index (χ2n) is 4.53. The second-order valence-corrected chi connectivity index (χ2v) is 7.36. The van der Waals surface area contributed by atoms with Crippen LogP contribution in [0.1, 0.15) is 18.4 Å². The Morgan fingerprint density at radius 2 is 2.00 bits per heavy atom. The fourth-order valence-corrected chi connectivity index (χ4v) is 4.38. The Kier molecular flexibility index (Phi) is 4.42. The van der Waals surface area contributed by atoms with Crippen molar-refractivity contribution in [1.29, 1.82) is 0 Å². The molecule has 0 amide bonds. The summed E-state index contributed by atoms with van der Waals surface area (Å²) in [5.41, 5.74) is 6.43. The van der Waals surface area contributed by atoms with Crippen LogP contribution in [-0.2, 0) is 15.8 Å². The molecule has 0 aromatic heterocycles. The maximum absolute atomic E-state index is 12.3. The maximum atomic E-state index is 12.3. The average molecular weight is 333 g/mol. The van der Waals surface area contributed by atoms with Gasteiger partial charge in [0.05, 0.1) is 5.75 Å². The Morgan fingerprint density at radius 3 is 2.61 bits per heavy atom. The standard InChI is InChI=1S/C12H17BrN2O2S/c13-11-5-3-10(4-6-11)9-18(16,17)15-7-1-2-12(15)8-14/h3-6,12H,1-2,7-9,14H2/t12-/m1/s1. The number of nitrogens with two attached hydrogens (primary N) is 1. The Morgan fingerprint density at radius 1 is 1.33 bits per heavy atom. The highest BCUT2D eigenvalue weighted by Crippen LogP contribution is 2.23. The number of halogens is 1. The lowest BCUT2D eigenvalue weighted by Gasteiger charge is -2.22. The topological polar surface area (TPSA) is 63.4 Å². The van der Waals surface area contributed by atoms with E-state index in [-0.39, 0.29) is 11.8 Å². The van der Waals surface area contributed by atoms with Crippen molar-refractivity contribution in [2.24, 2.45) is 5.73 Å². The van der Waals surface area contributed by atoms with E-state index in [2.05, 4.69) is 15.9 Å². The molecule has 1 heterocycles. The molecule has 0 radical (unpaired) electrons. The van der Waals surface area contributed by atoms with Gasteiger partial charge in [0, 0.05) is 23.6 Å². The van der Waals surface area contributed by atoms with Crippen molar-refractivity contribution in [3.63, 3.8) is 0 Å². The van der Waals surface area contributed by atoms with E-state index in [0.29, 0.717) is 13.1 Å². The summed E-state index contributed by atoms with van der Waals surface area (Å²) in [4.78, 5) is 0. The lowest BCUT2D eigenvalue weighted by atomic mass is 10.2. The van der Waals surface area contributed by atoms with Crippen molar-refractivity contribution < 1.29 is 8.42 Å². The Labute approximate surface area is 116 Å². The van der Waals surface area contributed by atoms with Crippen LogP contribution in [-0.4, -0.2) is 31.9 Å². The minimum atomic E-state index is -3.25. The highest BCUT2D eigenvalue weighted by atomic mass is 79.9. The van der Waals surface area contributed by atoms with Gasteiger partial charge in [-0.25, -0.2) is 8.42 Å². The van der Waals surface area contributed by atoms with Crippen LogP contribution in [0.3, 0.4) is 0 Å². The van der Waals surface area contributed by atoms with Crippen molar-refractivity contribution in [2.75, 3.05) is 13.1 Å². The molecule has 1 aliphatic rings. The zero-order valence-electron chi connectivity index (χ0n) is 10.0. The van der Waals surface area contributed by atoms with Crippen LogP contribution >= 0.6 is 15.9 Å². The molecule has 1 saturated heterocycles. The van der Waals surface area contributed by atoms with Gasteiger partial charge in [-0.2, -0.15) is 4.31 Å². The summed E-state index contributed by atoms with van der Waals surface area (Å²) in [6, 6.07) is 7.35. The first-order chi connectivity index (χ1) is 8.53. The van der Waals surface area contributed by atoms with Crippen LogP contribution in [0.15, 0.2) is 28.7 Å². The summed E-state index contributed by atoms with van der Waals surface area (Å²) in [6.45, 7) is 1.00. The molecule has 0 spiro atoms. The SMILES string of the molecule is NC[C@H]1CCCN1S(=O)(=O)Cc1ccc(Br)cc1. The van der Waals surface area contributed by atoms with E-state index in [0.717, 1.165) is 22.9 Å². The molecule has 4 nitrogen and oxygen atoms in total. The molecule has 6 heteroatoms. The van der Waals surface area contributed by atoms with Gasteiger partial charge in [-0.15, -0.1) is 0 Å². The molecule has 100 valence electrons. The van der Waals surface area contributed by atoms with E-state index in [9.17, 15) is 8.42 Å². The molecular formula is C12H17BrN2O2S. The van der Waals surface area contributed by atoms with Gasteiger partial charge < -0.3 is 5.73 Å². The number of sulfonamides is 1. The molecule has 0 saturated carbocycles. The van der Waals surface area contributed by atoms with Gasteiger partial charge in [-0.05, 0) is 30.5 Å². The van der Waals surface area contributed by atoms with E-state index in [1.165, 1.54) is 0 Å². The number of nitrogens with zero attached hydrogens (tertiary/aromatic N) is 1. The average Bonchev–Trinajstić information content (AvgIpc) is 2.81. The molecule has 1 fully saturated rings. The predicted octanol–water partition coefficient (Wildman–Crippen LogP) is 1.70. The third-order valence-electron chi connectivity index (χ3n) is 3.21. The maximum Gasteiger partial charge on any atom is 0.218 e. The highest BCUT2D eigenvalue weighted by molar-refractivity contribution is 9.10. The third kappa shape index (κ3) is 3.12. The first kappa shape index (κ1) is 14.0. The lowest BCUT2D eigenvalue weighted by molar-refractivity contribution is 0.392. The van der Waals surface area contributed by atoms with Crippen molar-refractivity contribution in [1.82, 2.24) is 4.31 Å². The zero-order chi connectivity index (χ0) is 13.2. The van der Waals surface area contributed by atoms with Gasteiger partial charge in [0.2, 0.25) is 10.0 Å². The molecule has 1 aliphatic heterocycles. The molecule has 2 rings (SSSR count). The first-order valence-electron chi connectivity index (χ1n) is 5.97. The summed E-state index contributed by atoms with van der Waals surface area (Å²) in [5, 5.41) is 0. The van der Waals surface area contributed by atoms with E-state index in [1.807, 2.05) is 24.3 Å². The Balaban J connectivity index is 2.14. The highest BCUT2D eigenvalue weighted by Gasteiger charge is 2.33. The summed E-state index contributed by atoms with van der Waals surface area (Å²) in [5.74, 6) is 0.0524. The summed E-state index contributed by atoms with van der Waals surface area (Å²) >= 11 is 3.34. The Bertz CT molecular complexity index is 501. The van der Waals surface area contributed by atoms with Crippen molar-refractivity contribution in [3.8, 4) is 0 Å². The summed E-state index contributed by atoms with van der Waals surface area (Å²) in [7, 11) is -3.25. The molecule has 18 heavy (non-hydrogen) atoms. The monoisotopic (exact) mass is 332 g/mol. The second kappa shape index (κ2) is 5.69. The van der Waals surface area contributed by atoms with Crippen LogP contribution < -0.4 is 5.73 Å². The minimum absolute atomic E-state index is 0.0227. The Hall–Kier alpha value is -0.430. The minimum Gasteiger partial charge on any atom is -0.329 e. The molecular weight excluding hydrogens is 316 g/mol. The lowest BCUT2D eigenvalue weighted by Crippen LogP contribution is -2.40. The van der Waals surface area contributed by atoms with E-state index in [1.54, 1.807) is 4.31 Å². The van der Waals surface area contributed by atoms with E-state index >= 15 is 0 Å². The quantitative estimate of drug-likeness (QED) is 0.912. The zero-order valence-corrected chi connectivity index (χ0v) is 12.5. The van der Waals surface area contributed by atoms with Gasteiger partial charge in [0.1, 0.15) is 0 Å². The fraction of sp³-hybridized carbons (Fsp3) is 0.500. The first-order valence-corrected chi connectivity index (χ1v) is 8.37. The summed E-state index contributed by atoms with van der Waals surface area (Å²) < 4.78 is 27.1. The number of hydrogen-bond donors (Lipinski definition) is 1. The molecule has 2 N–H and O–H groups in total. The number of benzene rings is 1. The summed E-state index contributed by atoms with van der Waals surface area (Å²) in [6.07, 6.45) is 1.78. The van der Waals surface area contributed by atoms with Gasteiger partial charge in [-0.3, -0.25) is 0 Å². The molecule has 0 unspecified atom stereocenters. The number of hydrogen-bond acceptors (Lipinski definition) is 3. The van der Waals surface area contributed by atoms with Gasteiger partial charge in [0.15, 0.2) is 0 Å². The number of rotatable bonds is 4. The molecule has 1 aromatic carbocycles. The van der Waals surface area contributed by atoms with Crippen molar-refractivity contribution in [2.45, 2.75) is 24.6 Å². The molecule has 0 aliphatic carbocycles. The molecule has 1 aromatic rings. The smallest absolute Gasteiger partial charge is 0.218 e.